The molecule has 1 aliphatic heterocycles. The van der Waals surface area contributed by atoms with Gasteiger partial charge >= 0.3 is 0 Å². The molecule has 3 rings (SSSR count). The highest BCUT2D eigenvalue weighted by Crippen LogP contribution is 2.17. The molecule has 2 aromatic rings. The van der Waals surface area contributed by atoms with Crippen LogP contribution in [0.4, 0.5) is 5.82 Å². The topological polar surface area (TPSA) is 66.9 Å². The van der Waals surface area contributed by atoms with Crippen LogP contribution in [0.5, 0.6) is 0 Å². The van der Waals surface area contributed by atoms with Crippen molar-refractivity contribution in [1.82, 2.24) is 15.5 Å². The number of hydrogen-bond donors (Lipinski definition) is 2. The first-order valence-electron chi connectivity index (χ1n) is 6.32. The largest absolute Gasteiger partial charge is 0.308 e. The maximum absolute atomic E-state index is 12.2. The number of rotatable bonds is 2. The van der Waals surface area contributed by atoms with Crippen molar-refractivity contribution >= 4 is 23.3 Å². The quantitative estimate of drug-likeness (QED) is 0.884. The van der Waals surface area contributed by atoms with E-state index in [1.807, 2.05) is 12.1 Å². The Morgan fingerprint density at radius 1 is 1.20 bits per heavy atom. The normalized spacial score (nSPS) is 17.4. The molecule has 1 atom stereocenters. The number of carbonyl (C=O) groups excluding carboxylic acids is 1. The summed E-state index contributed by atoms with van der Waals surface area (Å²) in [4.78, 5) is 12.2. The molecule has 1 aromatic heterocycles. The van der Waals surface area contributed by atoms with Crippen molar-refractivity contribution in [3.05, 3.63) is 52.7 Å². The van der Waals surface area contributed by atoms with Gasteiger partial charge in [0.05, 0.1) is 6.04 Å². The van der Waals surface area contributed by atoms with Gasteiger partial charge in [-0.1, -0.05) is 35.9 Å². The standard InChI is InChI=1S/C14H13ClN4O/c15-12-5-6-13(19-18-12)17-14(20)11-7-9-3-1-2-4-10(9)8-16-11/h1-6,11,16H,7-8H2,(H,17,19,20). The molecule has 5 nitrogen and oxygen atoms in total. The molecular formula is C14H13ClN4O. The van der Waals surface area contributed by atoms with Crippen molar-refractivity contribution in [3.8, 4) is 0 Å². The third-order valence-corrected chi connectivity index (χ3v) is 3.48. The summed E-state index contributed by atoms with van der Waals surface area (Å²) in [5, 5.41) is 13.8. The lowest BCUT2D eigenvalue weighted by atomic mass is 9.95. The Kier molecular flexibility index (Phi) is 3.62. The number of carbonyl (C=O) groups is 1. The van der Waals surface area contributed by atoms with Crippen LogP contribution in [0.15, 0.2) is 36.4 Å². The van der Waals surface area contributed by atoms with Crippen LogP contribution < -0.4 is 10.6 Å². The number of nitrogens with zero attached hydrogens (tertiary/aromatic N) is 2. The highest BCUT2D eigenvalue weighted by molar-refractivity contribution is 6.29. The zero-order chi connectivity index (χ0) is 13.9. The van der Waals surface area contributed by atoms with Gasteiger partial charge in [0.15, 0.2) is 11.0 Å². The average molecular weight is 289 g/mol. The molecule has 0 fully saturated rings. The van der Waals surface area contributed by atoms with E-state index in [0.29, 0.717) is 23.9 Å². The number of hydrogen-bond acceptors (Lipinski definition) is 4. The van der Waals surface area contributed by atoms with E-state index in [4.69, 9.17) is 11.6 Å². The summed E-state index contributed by atoms with van der Waals surface area (Å²) >= 11 is 5.65. The number of amides is 1. The van der Waals surface area contributed by atoms with E-state index in [2.05, 4.69) is 33.0 Å². The summed E-state index contributed by atoms with van der Waals surface area (Å²) < 4.78 is 0. The fraction of sp³-hybridized carbons (Fsp3) is 0.214. The van der Waals surface area contributed by atoms with Crippen LogP contribution in [0, 0.1) is 0 Å². The highest BCUT2D eigenvalue weighted by Gasteiger charge is 2.24. The first-order chi connectivity index (χ1) is 9.72. The predicted octanol–water partition coefficient (Wildman–Crippen LogP) is 1.78. The van der Waals surface area contributed by atoms with Gasteiger partial charge in [-0.2, -0.15) is 0 Å². The third-order valence-electron chi connectivity index (χ3n) is 3.28. The molecule has 0 aliphatic carbocycles. The highest BCUT2D eigenvalue weighted by atomic mass is 35.5. The monoisotopic (exact) mass is 288 g/mol. The average Bonchev–Trinajstić information content (AvgIpc) is 2.49. The second-order valence-electron chi connectivity index (χ2n) is 4.64. The van der Waals surface area contributed by atoms with Gasteiger partial charge in [-0.05, 0) is 29.7 Å². The van der Waals surface area contributed by atoms with Crippen molar-refractivity contribution in [3.63, 3.8) is 0 Å². The number of nitrogens with one attached hydrogen (secondary N) is 2. The Bertz CT molecular complexity index is 629. The maximum Gasteiger partial charge on any atom is 0.243 e. The minimum Gasteiger partial charge on any atom is -0.308 e. The molecule has 0 saturated heterocycles. The molecule has 20 heavy (non-hydrogen) atoms. The summed E-state index contributed by atoms with van der Waals surface area (Å²) in [5.74, 6) is 0.288. The summed E-state index contributed by atoms with van der Waals surface area (Å²) in [6.07, 6.45) is 0.670. The predicted molar refractivity (Wildman–Crippen MR) is 76.4 cm³/mol. The second kappa shape index (κ2) is 5.56. The maximum atomic E-state index is 12.2. The molecule has 0 bridgehead atoms. The van der Waals surface area contributed by atoms with E-state index >= 15 is 0 Å². The van der Waals surface area contributed by atoms with E-state index in [0.717, 1.165) is 0 Å². The Balaban J connectivity index is 1.68. The SMILES string of the molecule is O=C(Nc1ccc(Cl)nn1)C1Cc2ccccc2CN1. The van der Waals surface area contributed by atoms with Gasteiger partial charge < -0.3 is 10.6 Å². The smallest absolute Gasteiger partial charge is 0.243 e. The van der Waals surface area contributed by atoms with Crippen molar-refractivity contribution in [2.24, 2.45) is 0 Å². The van der Waals surface area contributed by atoms with Crippen molar-refractivity contribution in [2.45, 2.75) is 19.0 Å². The van der Waals surface area contributed by atoms with Crippen molar-refractivity contribution in [1.29, 1.82) is 0 Å². The lowest BCUT2D eigenvalue weighted by Gasteiger charge is -2.25. The molecule has 2 heterocycles. The summed E-state index contributed by atoms with van der Waals surface area (Å²) in [6, 6.07) is 11.1. The number of aromatic nitrogens is 2. The summed E-state index contributed by atoms with van der Waals surface area (Å²) in [5.41, 5.74) is 2.44. The first-order valence-corrected chi connectivity index (χ1v) is 6.70. The van der Waals surface area contributed by atoms with E-state index < -0.39 is 0 Å². The van der Waals surface area contributed by atoms with E-state index in [9.17, 15) is 4.79 Å². The van der Waals surface area contributed by atoms with Gasteiger partial charge in [0, 0.05) is 6.54 Å². The van der Waals surface area contributed by atoms with Crippen LogP contribution in [0.25, 0.3) is 0 Å². The van der Waals surface area contributed by atoms with Gasteiger partial charge in [0.2, 0.25) is 5.91 Å². The number of anilines is 1. The van der Waals surface area contributed by atoms with Gasteiger partial charge in [-0.25, -0.2) is 0 Å². The summed E-state index contributed by atoms with van der Waals surface area (Å²) in [6.45, 7) is 0.695. The molecule has 0 saturated carbocycles. The molecule has 102 valence electrons. The van der Waals surface area contributed by atoms with Gasteiger partial charge in [-0.3, -0.25) is 4.79 Å². The number of halogens is 1. The van der Waals surface area contributed by atoms with E-state index in [-0.39, 0.29) is 11.9 Å². The van der Waals surface area contributed by atoms with Gasteiger partial charge in [-0.15, -0.1) is 10.2 Å². The molecule has 0 radical (unpaired) electrons. The molecule has 1 amide bonds. The fourth-order valence-electron chi connectivity index (χ4n) is 2.24. The van der Waals surface area contributed by atoms with Crippen LogP contribution in [0.1, 0.15) is 11.1 Å². The Labute approximate surface area is 121 Å². The zero-order valence-corrected chi connectivity index (χ0v) is 11.4. The number of benzene rings is 1. The minimum atomic E-state index is -0.262. The lowest BCUT2D eigenvalue weighted by Crippen LogP contribution is -2.44. The molecule has 6 heteroatoms. The molecule has 1 unspecified atom stereocenters. The van der Waals surface area contributed by atoms with Crippen LogP contribution in [0.3, 0.4) is 0 Å². The van der Waals surface area contributed by atoms with Gasteiger partial charge in [0.1, 0.15) is 0 Å². The van der Waals surface area contributed by atoms with Crippen LogP contribution >= 0.6 is 11.6 Å². The Hall–Kier alpha value is -1.98. The number of fused-ring (bicyclic) bond motifs is 1. The van der Waals surface area contributed by atoms with Crippen LogP contribution in [0.2, 0.25) is 5.15 Å². The molecule has 1 aromatic carbocycles. The van der Waals surface area contributed by atoms with E-state index in [1.165, 1.54) is 11.1 Å². The fourth-order valence-corrected chi connectivity index (χ4v) is 2.34. The lowest BCUT2D eigenvalue weighted by molar-refractivity contribution is -0.118. The third kappa shape index (κ3) is 2.79. The summed E-state index contributed by atoms with van der Waals surface area (Å²) in [7, 11) is 0. The van der Waals surface area contributed by atoms with Crippen molar-refractivity contribution < 1.29 is 4.79 Å². The van der Waals surface area contributed by atoms with E-state index in [1.54, 1.807) is 12.1 Å². The zero-order valence-electron chi connectivity index (χ0n) is 10.6. The van der Waals surface area contributed by atoms with Crippen LogP contribution in [-0.4, -0.2) is 22.1 Å². The van der Waals surface area contributed by atoms with Crippen molar-refractivity contribution in [2.75, 3.05) is 5.32 Å². The van der Waals surface area contributed by atoms with Crippen LogP contribution in [-0.2, 0) is 17.8 Å². The second-order valence-corrected chi connectivity index (χ2v) is 5.02. The molecule has 1 aliphatic rings. The van der Waals surface area contributed by atoms with Gasteiger partial charge in [0.25, 0.3) is 0 Å². The minimum absolute atomic E-state index is 0.115. The Morgan fingerprint density at radius 2 is 2.00 bits per heavy atom. The first kappa shape index (κ1) is 13.0. The molecule has 0 spiro atoms. The Morgan fingerprint density at radius 3 is 2.75 bits per heavy atom. The molecule has 2 N–H and O–H groups in total. The molecular weight excluding hydrogens is 276 g/mol.